The summed E-state index contributed by atoms with van der Waals surface area (Å²) >= 11 is 0. The maximum Gasteiger partial charge on any atom is 0.108 e. The molecule has 0 aromatic carbocycles. The molecule has 1 aromatic heterocycles. The largest absolute Gasteiger partial charge is 0.304 e. The Balaban J connectivity index is 2.30. The van der Waals surface area contributed by atoms with Gasteiger partial charge in [0, 0.05) is 25.5 Å². The molecule has 1 aromatic rings. The van der Waals surface area contributed by atoms with Gasteiger partial charge in [0.2, 0.25) is 0 Å². The van der Waals surface area contributed by atoms with E-state index >= 15 is 0 Å². The second kappa shape index (κ2) is 6.94. The van der Waals surface area contributed by atoms with Crippen molar-refractivity contribution < 1.29 is 0 Å². The number of nitrogens with one attached hydrogen (secondary N) is 1. The molecule has 0 radical (unpaired) electrons. The van der Waals surface area contributed by atoms with Crippen LogP contribution in [0, 0.1) is 11.3 Å². The molecular formula is C12H18N4. The maximum absolute atomic E-state index is 8.81. The highest BCUT2D eigenvalue weighted by Crippen LogP contribution is 1.99. The van der Waals surface area contributed by atoms with E-state index in [1.807, 2.05) is 26.2 Å². The Morgan fingerprint density at radius 1 is 1.50 bits per heavy atom. The second-order valence-corrected chi connectivity index (χ2v) is 3.84. The van der Waals surface area contributed by atoms with Crippen molar-refractivity contribution in [3.63, 3.8) is 0 Å². The average Bonchev–Trinajstić information content (AvgIpc) is 2.34. The summed E-state index contributed by atoms with van der Waals surface area (Å²) in [5.74, 6) is 0. The van der Waals surface area contributed by atoms with E-state index in [2.05, 4.69) is 21.3 Å². The maximum atomic E-state index is 8.81. The smallest absolute Gasteiger partial charge is 0.108 e. The third kappa shape index (κ3) is 4.39. The number of aromatic nitrogens is 1. The zero-order chi connectivity index (χ0) is 11.8. The second-order valence-electron chi connectivity index (χ2n) is 3.84. The molecule has 4 nitrogen and oxygen atoms in total. The standard InChI is InChI=1S/C12H18N4/c1-14-12(9-13)10-16(2)8-5-11-3-6-15-7-4-11/h3-4,6-7,12,14H,5,8,10H2,1-2H3. The summed E-state index contributed by atoms with van der Waals surface area (Å²) in [6.45, 7) is 1.70. The van der Waals surface area contributed by atoms with Crippen LogP contribution in [-0.4, -0.2) is 43.1 Å². The van der Waals surface area contributed by atoms with Gasteiger partial charge in [0.05, 0.1) is 6.07 Å². The number of hydrogen-bond acceptors (Lipinski definition) is 4. The molecule has 0 aliphatic rings. The first-order chi connectivity index (χ1) is 7.76. The Bertz CT molecular complexity index is 331. The molecule has 0 saturated carbocycles. The summed E-state index contributed by atoms with van der Waals surface area (Å²) in [7, 11) is 3.84. The van der Waals surface area contributed by atoms with Gasteiger partial charge in [-0.2, -0.15) is 5.26 Å². The van der Waals surface area contributed by atoms with Crippen LogP contribution in [0.25, 0.3) is 0 Å². The molecular weight excluding hydrogens is 200 g/mol. The number of hydrogen-bond donors (Lipinski definition) is 1. The van der Waals surface area contributed by atoms with E-state index in [1.165, 1.54) is 5.56 Å². The van der Waals surface area contributed by atoms with E-state index in [0.717, 1.165) is 19.5 Å². The molecule has 0 amide bonds. The first kappa shape index (κ1) is 12.6. The highest BCUT2D eigenvalue weighted by atomic mass is 15.1. The minimum absolute atomic E-state index is 0.0950. The van der Waals surface area contributed by atoms with Crippen molar-refractivity contribution in [3.05, 3.63) is 30.1 Å². The zero-order valence-electron chi connectivity index (χ0n) is 9.85. The normalized spacial score (nSPS) is 12.4. The molecule has 0 saturated heterocycles. The summed E-state index contributed by atoms with van der Waals surface area (Å²) in [6, 6.07) is 6.17. The predicted molar refractivity (Wildman–Crippen MR) is 63.9 cm³/mol. The van der Waals surface area contributed by atoms with Crippen LogP contribution in [0.5, 0.6) is 0 Å². The molecule has 1 atom stereocenters. The van der Waals surface area contributed by atoms with Crippen molar-refractivity contribution in [2.24, 2.45) is 0 Å². The summed E-state index contributed by atoms with van der Waals surface area (Å²) in [5, 5.41) is 11.8. The Morgan fingerprint density at radius 3 is 2.75 bits per heavy atom. The molecule has 0 aliphatic heterocycles. The number of rotatable bonds is 6. The third-order valence-corrected chi connectivity index (χ3v) is 2.53. The van der Waals surface area contributed by atoms with Crippen LogP contribution in [0.3, 0.4) is 0 Å². The molecule has 0 aliphatic carbocycles. The first-order valence-corrected chi connectivity index (χ1v) is 5.40. The lowest BCUT2D eigenvalue weighted by atomic mass is 10.2. The van der Waals surface area contributed by atoms with Crippen LogP contribution in [0.2, 0.25) is 0 Å². The van der Waals surface area contributed by atoms with E-state index in [9.17, 15) is 0 Å². The van der Waals surface area contributed by atoms with Gasteiger partial charge < -0.3 is 10.2 Å². The monoisotopic (exact) mass is 218 g/mol. The minimum atomic E-state index is -0.0950. The number of pyridine rings is 1. The predicted octanol–water partition coefficient (Wildman–Crippen LogP) is 0.667. The molecule has 0 fully saturated rings. The fourth-order valence-electron chi connectivity index (χ4n) is 1.47. The van der Waals surface area contributed by atoms with Crippen molar-refractivity contribution in [2.75, 3.05) is 27.2 Å². The summed E-state index contributed by atoms with van der Waals surface area (Å²) in [6.07, 6.45) is 4.60. The van der Waals surface area contributed by atoms with Crippen LogP contribution in [-0.2, 0) is 6.42 Å². The van der Waals surface area contributed by atoms with Crippen LogP contribution in [0.15, 0.2) is 24.5 Å². The van der Waals surface area contributed by atoms with Gasteiger partial charge in [0.15, 0.2) is 0 Å². The Labute approximate surface area is 96.9 Å². The zero-order valence-corrected chi connectivity index (χ0v) is 9.85. The highest BCUT2D eigenvalue weighted by Gasteiger charge is 2.07. The number of likely N-dealkylation sites (N-methyl/N-ethyl adjacent to an activating group) is 2. The van der Waals surface area contributed by atoms with Gasteiger partial charge in [-0.1, -0.05) is 0 Å². The van der Waals surface area contributed by atoms with Crippen molar-refractivity contribution in [3.8, 4) is 6.07 Å². The van der Waals surface area contributed by atoms with E-state index in [1.54, 1.807) is 12.4 Å². The molecule has 0 bridgehead atoms. The van der Waals surface area contributed by atoms with Crippen molar-refractivity contribution >= 4 is 0 Å². The third-order valence-electron chi connectivity index (χ3n) is 2.53. The number of nitrogens with zero attached hydrogens (tertiary/aromatic N) is 3. The van der Waals surface area contributed by atoms with Gasteiger partial charge in [-0.05, 0) is 38.2 Å². The number of nitriles is 1. The highest BCUT2D eigenvalue weighted by molar-refractivity contribution is 5.09. The summed E-state index contributed by atoms with van der Waals surface area (Å²) < 4.78 is 0. The molecule has 1 unspecified atom stereocenters. The lowest BCUT2D eigenvalue weighted by Gasteiger charge is -2.19. The fourth-order valence-corrected chi connectivity index (χ4v) is 1.47. The lowest BCUT2D eigenvalue weighted by Crippen LogP contribution is -2.37. The summed E-state index contributed by atoms with van der Waals surface area (Å²) in [5.41, 5.74) is 1.28. The molecule has 0 spiro atoms. The topological polar surface area (TPSA) is 52.0 Å². The van der Waals surface area contributed by atoms with Gasteiger partial charge in [0.1, 0.15) is 6.04 Å². The van der Waals surface area contributed by atoms with E-state index in [-0.39, 0.29) is 6.04 Å². The van der Waals surface area contributed by atoms with E-state index in [0.29, 0.717) is 0 Å². The van der Waals surface area contributed by atoms with Crippen LogP contribution in [0.1, 0.15) is 5.56 Å². The molecule has 1 N–H and O–H groups in total. The van der Waals surface area contributed by atoms with Crippen molar-refractivity contribution in [1.82, 2.24) is 15.2 Å². The van der Waals surface area contributed by atoms with Gasteiger partial charge in [-0.3, -0.25) is 4.98 Å². The Hall–Kier alpha value is -1.44. The van der Waals surface area contributed by atoms with Gasteiger partial charge >= 0.3 is 0 Å². The molecule has 1 heterocycles. The molecule has 86 valence electrons. The average molecular weight is 218 g/mol. The lowest BCUT2D eigenvalue weighted by molar-refractivity contribution is 0.319. The van der Waals surface area contributed by atoms with E-state index < -0.39 is 0 Å². The van der Waals surface area contributed by atoms with Gasteiger partial charge in [0.25, 0.3) is 0 Å². The van der Waals surface area contributed by atoms with Crippen molar-refractivity contribution in [1.29, 1.82) is 5.26 Å². The SMILES string of the molecule is CNC(C#N)CN(C)CCc1ccncc1. The fraction of sp³-hybridized carbons (Fsp3) is 0.500. The van der Waals surface area contributed by atoms with Gasteiger partial charge in [-0.25, -0.2) is 0 Å². The molecule has 16 heavy (non-hydrogen) atoms. The molecule has 4 heteroatoms. The Morgan fingerprint density at radius 2 is 2.19 bits per heavy atom. The summed E-state index contributed by atoms with van der Waals surface area (Å²) in [4.78, 5) is 6.14. The van der Waals surface area contributed by atoms with E-state index in [4.69, 9.17) is 5.26 Å². The Kier molecular flexibility index (Phi) is 5.48. The molecule has 1 rings (SSSR count). The van der Waals surface area contributed by atoms with Crippen LogP contribution >= 0.6 is 0 Å². The van der Waals surface area contributed by atoms with Crippen LogP contribution in [0.4, 0.5) is 0 Å². The minimum Gasteiger partial charge on any atom is -0.304 e. The van der Waals surface area contributed by atoms with Crippen molar-refractivity contribution in [2.45, 2.75) is 12.5 Å². The van der Waals surface area contributed by atoms with Gasteiger partial charge in [-0.15, -0.1) is 0 Å². The first-order valence-electron chi connectivity index (χ1n) is 5.40. The van der Waals surface area contributed by atoms with Crippen LogP contribution < -0.4 is 5.32 Å². The quantitative estimate of drug-likeness (QED) is 0.762.